The molecular formula is C29H38N2O3. The lowest BCUT2D eigenvalue weighted by Gasteiger charge is -2.37. The number of ketones is 1. The molecule has 3 heterocycles. The Morgan fingerprint density at radius 3 is 2.79 bits per heavy atom. The second-order valence-electron chi connectivity index (χ2n) is 9.84. The molecule has 2 atom stereocenters. The Hall–Kier alpha value is -2.69. The lowest BCUT2D eigenvalue weighted by molar-refractivity contribution is -0.133. The molecule has 0 spiro atoms. The van der Waals surface area contributed by atoms with Gasteiger partial charge < -0.3 is 9.64 Å². The molecule has 2 aliphatic rings. The largest absolute Gasteiger partial charge is 0.497 e. The van der Waals surface area contributed by atoms with Crippen LogP contribution in [0, 0.1) is 11.8 Å². The summed E-state index contributed by atoms with van der Waals surface area (Å²) in [5, 5.41) is 0.852. The van der Waals surface area contributed by atoms with Crippen molar-refractivity contribution in [2.75, 3.05) is 20.2 Å². The van der Waals surface area contributed by atoms with Gasteiger partial charge in [0, 0.05) is 43.1 Å². The normalized spacial score (nSPS) is 23.3. The highest BCUT2D eigenvalue weighted by molar-refractivity contribution is 6.07. The number of ether oxygens (including phenoxy) is 1. The Balaban J connectivity index is 1.44. The van der Waals surface area contributed by atoms with Crippen molar-refractivity contribution in [2.24, 2.45) is 11.8 Å². The van der Waals surface area contributed by atoms with Crippen LogP contribution in [0.5, 0.6) is 5.75 Å². The molecule has 1 aromatic heterocycles. The molecule has 4 rings (SSSR count). The predicted octanol–water partition coefficient (Wildman–Crippen LogP) is 6.36. The minimum Gasteiger partial charge on any atom is -0.497 e. The van der Waals surface area contributed by atoms with Crippen molar-refractivity contribution in [3.63, 3.8) is 0 Å². The molecule has 182 valence electrons. The van der Waals surface area contributed by atoms with Crippen molar-refractivity contribution in [3.8, 4) is 5.75 Å². The Kier molecular flexibility index (Phi) is 8.73. The minimum absolute atomic E-state index is 0.157. The van der Waals surface area contributed by atoms with E-state index in [1.807, 2.05) is 24.3 Å². The van der Waals surface area contributed by atoms with Crippen LogP contribution >= 0.6 is 0 Å². The van der Waals surface area contributed by atoms with Gasteiger partial charge in [-0.2, -0.15) is 0 Å². The van der Waals surface area contributed by atoms with Crippen molar-refractivity contribution in [2.45, 2.75) is 70.6 Å². The molecule has 5 heteroatoms. The molecule has 1 fully saturated rings. The standard InChI is InChI=1S/C29H38N2O3/c1-34-24-13-14-27-26(20-24)25(16-18-30-27)28(32)15-12-22-17-19-31-21-23(22)10-8-6-4-2-3-5-7-9-11-29(31)33/h8,10,13-14,16,18,20,22-23H,2-7,9,11-12,15,17,19,21H2,1H3/b10-8-/t22-,23?/m0/s1. The van der Waals surface area contributed by atoms with Crippen LogP contribution in [0.1, 0.15) is 81.0 Å². The van der Waals surface area contributed by atoms with Gasteiger partial charge in [-0.1, -0.05) is 37.8 Å². The number of hydrogen-bond donors (Lipinski definition) is 0. The SMILES string of the molecule is COc1ccc2nccc(C(=O)CC[C@H]3CCN4CC3/C=C\CCCCCCCCC4=O)c2c1. The third kappa shape index (κ3) is 6.25. The number of benzene rings is 1. The highest BCUT2D eigenvalue weighted by Gasteiger charge is 2.30. The number of Topliss-reactive ketones (excluding diaryl/α,β-unsaturated/α-hetero) is 1. The number of allylic oxidation sites excluding steroid dienone is 1. The van der Waals surface area contributed by atoms with Crippen molar-refractivity contribution < 1.29 is 14.3 Å². The number of carbonyl (C=O) groups excluding carboxylic acids is 2. The fourth-order valence-corrected chi connectivity index (χ4v) is 5.45. The summed E-state index contributed by atoms with van der Waals surface area (Å²) < 4.78 is 5.36. The molecule has 0 aliphatic carbocycles. The van der Waals surface area contributed by atoms with E-state index in [0.29, 0.717) is 30.6 Å². The molecular weight excluding hydrogens is 424 g/mol. The number of carbonyl (C=O) groups is 2. The van der Waals surface area contributed by atoms with Crippen LogP contribution in [0.15, 0.2) is 42.6 Å². The van der Waals surface area contributed by atoms with E-state index in [4.69, 9.17) is 4.74 Å². The number of methoxy groups -OCH3 is 1. The van der Waals surface area contributed by atoms with Gasteiger partial charge in [-0.25, -0.2) is 0 Å². The van der Waals surface area contributed by atoms with Crippen LogP contribution in [0.4, 0.5) is 0 Å². The molecule has 2 bridgehead atoms. The van der Waals surface area contributed by atoms with Crippen molar-refractivity contribution in [1.29, 1.82) is 0 Å². The van der Waals surface area contributed by atoms with E-state index in [0.717, 1.165) is 61.0 Å². The summed E-state index contributed by atoms with van der Waals surface area (Å²) in [5.41, 5.74) is 1.53. The zero-order valence-electron chi connectivity index (χ0n) is 20.5. The number of aromatic nitrogens is 1. The Morgan fingerprint density at radius 1 is 1.12 bits per heavy atom. The molecule has 2 aromatic rings. The lowest BCUT2D eigenvalue weighted by atomic mass is 9.80. The highest BCUT2D eigenvalue weighted by atomic mass is 16.5. The zero-order valence-corrected chi connectivity index (χ0v) is 20.5. The van der Waals surface area contributed by atoms with E-state index in [2.05, 4.69) is 22.0 Å². The van der Waals surface area contributed by atoms with Crippen molar-refractivity contribution in [3.05, 3.63) is 48.2 Å². The molecule has 1 aromatic carbocycles. The number of nitrogens with zero attached hydrogens (tertiary/aromatic N) is 2. The van der Waals surface area contributed by atoms with Gasteiger partial charge in [0.15, 0.2) is 5.78 Å². The number of fused-ring (bicyclic) bond motifs is 3. The van der Waals surface area contributed by atoms with E-state index >= 15 is 0 Å². The van der Waals surface area contributed by atoms with Crippen LogP contribution in [0.3, 0.4) is 0 Å². The number of piperidine rings is 1. The van der Waals surface area contributed by atoms with Crippen LogP contribution in [-0.4, -0.2) is 41.8 Å². The molecule has 0 radical (unpaired) electrons. The maximum Gasteiger partial charge on any atom is 0.222 e. The van der Waals surface area contributed by atoms with Gasteiger partial charge in [0.2, 0.25) is 5.91 Å². The van der Waals surface area contributed by atoms with E-state index in [9.17, 15) is 9.59 Å². The monoisotopic (exact) mass is 462 g/mol. The second-order valence-corrected chi connectivity index (χ2v) is 9.84. The van der Waals surface area contributed by atoms with Crippen LogP contribution in [0.2, 0.25) is 0 Å². The van der Waals surface area contributed by atoms with Crippen LogP contribution in [0.25, 0.3) is 10.9 Å². The molecule has 0 N–H and O–H groups in total. The average molecular weight is 463 g/mol. The third-order valence-corrected chi connectivity index (χ3v) is 7.55. The Labute approximate surface area is 203 Å². The summed E-state index contributed by atoms with van der Waals surface area (Å²) in [6, 6.07) is 7.50. The summed E-state index contributed by atoms with van der Waals surface area (Å²) in [6.45, 7) is 1.61. The Morgan fingerprint density at radius 2 is 1.94 bits per heavy atom. The van der Waals surface area contributed by atoms with Gasteiger partial charge in [0.05, 0.1) is 12.6 Å². The molecule has 34 heavy (non-hydrogen) atoms. The van der Waals surface area contributed by atoms with Crippen molar-refractivity contribution in [1.82, 2.24) is 9.88 Å². The van der Waals surface area contributed by atoms with Crippen LogP contribution in [-0.2, 0) is 4.79 Å². The van der Waals surface area contributed by atoms with Gasteiger partial charge in [-0.05, 0) is 68.2 Å². The van der Waals surface area contributed by atoms with Crippen LogP contribution < -0.4 is 4.74 Å². The Bertz CT molecular complexity index is 1020. The molecule has 1 amide bonds. The van der Waals surface area contributed by atoms with E-state index in [1.54, 1.807) is 13.3 Å². The van der Waals surface area contributed by atoms with Gasteiger partial charge in [0.1, 0.15) is 5.75 Å². The van der Waals surface area contributed by atoms with E-state index < -0.39 is 0 Å². The fraction of sp³-hybridized carbons (Fsp3) is 0.552. The quantitative estimate of drug-likeness (QED) is 0.383. The fourth-order valence-electron chi connectivity index (χ4n) is 5.45. The first-order valence-corrected chi connectivity index (χ1v) is 13.1. The predicted molar refractivity (Wildman–Crippen MR) is 136 cm³/mol. The number of pyridine rings is 1. The zero-order chi connectivity index (χ0) is 23.8. The third-order valence-electron chi connectivity index (χ3n) is 7.55. The summed E-state index contributed by atoms with van der Waals surface area (Å²) >= 11 is 0. The summed E-state index contributed by atoms with van der Waals surface area (Å²) in [6.07, 6.45) is 17.7. The van der Waals surface area contributed by atoms with Gasteiger partial charge in [-0.15, -0.1) is 0 Å². The molecule has 1 saturated heterocycles. The molecule has 2 aliphatic heterocycles. The highest BCUT2D eigenvalue weighted by Crippen LogP contribution is 2.31. The summed E-state index contributed by atoms with van der Waals surface area (Å²) in [4.78, 5) is 32.5. The first-order valence-electron chi connectivity index (χ1n) is 13.1. The topological polar surface area (TPSA) is 59.5 Å². The maximum absolute atomic E-state index is 13.3. The van der Waals surface area contributed by atoms with Gasteiger partial charge >= 0.3 is 0 Å². The number of amides is 1. The number of hydrogen-bond acceptors (Lipinski definition) is 4. The second kappa shape index (κ2) is 12.1. The smallest absolute Gasteiger partial charge is 0.222 e. The average Bonchev–Trinajstić information content (AvgIpc) is 2.87. The first kappa shape index (κ1) is 24.4. The van der Waals surface area contributed by atoms with E-state index in [1.165, 1.54) is 32.1 Å². The maximum atomic E-state index is 13.3. The lowest BCUT2D eigenvalue weighted by Crippen LogP contribution is -2.43. The molecule has 1 unspecified atom stereocenters. The summed E-state index contributed by atoms with van der Waals surface area (Å²) in [7, 11) is 1.63. The molecule has 0 saturated carbocycles. The van der Waals surface area contributed by atoms with E-state index in [-0.39, 0.29) is 5.78 Å². The first-order chi connectivity index (χ1) is 16.7. The number of rotatable bonds is 5. The minimum atomic E-state index is 0.157. The summed E-state index contributed by atoms with van der Waals surface area (Å²) in [5.74, 6) is 1.96. The van der Waals surface area contributed by atoms with Gasteiger partial charge in [-0.3, -0.25) is 14.6 Å². The van der Waals surface area contributed by atoms with Gasteiger partial charge in [0.25, 0.3) is 0 Å². The molecule has 5 nitrogen and oxygen atoms in total. The van der Waals surface area contributed by atoms with Crippen molar-refractivity contribution >= 4 is 22.6 Å².